The van der Waals surface area contributed by atoms with Gasteiger partial charge < -0.3 is 21.5 Å². The molecule has 34 heavy (non-hydrogen) atoms. The number of pyridine rings is 1. The lowest BCUT2D eigenvalue weighted by atomic mass is 10.0. The molecule has 172 valence electrons. The number of nitrogens with two attached hydrogens (primary N) is 1. The van der Waals surface area contributed by atoms with Crippen molar-refractivity contribution < 1.29 is 14.7 Å². The van der Waals surface area contributed by atoms with Crippen molar-refractivity contribution in [3.05, 3.63) is 107 Å². The zero-order chi connectivity index (χ0) is 24.1. The molecule has 0 saturated carbocycles. The Bertz CT molecular complexity index is 1310. The number of fused-ring (bicyclic) bond motifs is 1. The number of nitrogens with zero attached hydrogens (tertiary/aromatic N) is 1. The molecule has 0 aliphatic heterocycles. The summed E-state index contributed by atoms with van der Waals surface area (Å²) in [6.07, 6.45) is 1.08. The van der Waals surface area contributed by atoms with E-state index in [4.69, 9.17) is 5.73 Å². The normalized spacial score (nSPS) is 12.6. The lowest BCUT2D eigenvalue weighted by Crippen LogP contribution is -2.46. The number of nitrogen functional groups attached to an aromatic ring is 1. The number of benzene rings is 3. The molecule has 7 heteroatoms. The van der Waals surface area contributed by atoms with Crippen LogP contribution < -0.4 is 16.4 Å². The number of anilines is 1. The Hall–Kier alpha value is -4.23. The van der Waals surface area contributed by atoms with Crippen molar-refractivity contribution in [1.29, 1.82) is 0 Å². The van der Waals surface area contributed by atoms with Crippen LogP contribution in [-0.4, -0.2) is 28.1 Å². The molecule has 5 N–H and O–H groups in total. The van der Waals surface area contributed by atoms with Gasteiger partial charge in [0.25, 0.3) is 11.8 Å². The fraction of sp³-hybridized carbons (Fsp3) is 0.148. The second kappa shape index (κ2) is 10.1. The van der Waals surface area contributed by atoms with Gasteiger partial charge in [0.15, 0.2) is 6.23 Å². The molecule has 2 amide bonds. The van der Waals surface area contributed by atoms with Crippen LogP contribution in [0.5, 0.6) is 0 Å². The maximum Gasteiger partial charge on any atom is 0.253 e. The summed E-state index contributed by atoms with van der Waals surface area (Å²) in [5, 5.41) is 17.9. The summed E-state index contributed by atoms with van der Waals surface area (Å²) in [4.78, 5) is 29.9. The largest absolute Gasteiger partial charge is 0.383 e. The third-order valence-electron chi connectivity index (χ3n) is 5.72. The first-order valence-electron chi connectivity index (χ1n) is 11.0. The van der Waals surface area contributed by atoms with Crippen molar-refractivity contribution in [3.63, 3.8) is 0 Å². The van der Waals surface area contributed by atoms with Crippen molar-refractivity contribution in [1.82, 2.24) is 15.6 Å². The number of aryl methyl sites for hydroxylation is 1. The Kier molecular flexibility index (Phi) is 6.85. The first-order valence-corrected chi connectivity index (χ1v) is 11.0. The van der Waals surface area contributed by atoms with Gasteiger partial charge in [0.05, 0.1) is 6.04 Å². The van der Waals surface area contributed by atoms with Gasteiger partial charge in [-0.1, -0.05) is 49.4 Å². The fourth-order valence-electron chi connectivity index (χ4n) is 3.76. The molecule has 0 radical (unpaired) electrons. The molecular formula is C27H26N4O3. The summed E-state index contributed by atoms with van der Waals surface area (Å²) in [5.74, 6) is -0.450. The highest BCUT2D eigenvalue weighted by atomic mass is 16.3. The lowest BCUT2D eigenvalue weighted by molar-refractivity contribution is 0.0611. The summed E-state index contributed by atoms with van der Waals surface area (Å²) in [7, 11) is 0. The molecule has 0 spiro atoms. The number of aliphatic hydroxyl groups is 1. The highest BCUT2D eigenvalue weighted by molar-refractivity contribution is 6.00. The van der Waals surface area contributed by atoms with Crippen LogP contribution in [0.25, 0.3) is 10.8 Å². The van der Waals surface area contributed by atoms with Crippen molar-refractivity contribution in [2.75, 3.05) is 5.73 Å². The molecule has 7 nitrogen and oxygen atoms in total. The predicted octanol–water partition coefficient (Wildman–Crippen LogP) is 3.60. The second-order valence-corrected chi connectivity index (χ2v) is 7.96. The van der Waals surface area contributed by atoms with Gasteiger partial charge >= 0.3 is 0 Å². The predicted molar refractivity (Wildman–Crippen MR) is 132 cm³/mol. The van der Waals surface area contributed by atoms with Crippen LogP contribution in [-0.2, 0) is 6.42 Å². The van der Waals surface area contributed by atoms with Gasteiger partial charge in [-0.2, -0.15) is 0 Å². The summed E-state index contributed by atoms with van der Waals surface area (Å²) < 4.78 is 0. The minimum absolute atomic E-state index is 0.349. The van der Waals surface area contributed by atoms with Gasteiger partial charge in [-0.25, -0.2) is 4.98 Å². The molecule has 2 unspecified atom stereocenters. The van der Waals surface area contributed by atoms with Crippen LogP contribution in [0.1, 0.15) is 44.8 Å². The number of amides is 2. The fourth-order valence-corrected chi connectivity index (χ4v) is 3.76. The van der Waals surface area contributed by atoms with E-state index >= 15 is 0 Å². The Morgan fingerprint density at radius 3 is 2.29 bits per heavy atom. The van der Waals surface area contributed by atoms with E-state index in [9.17, 15) is 14.7 Å². The summed E-state index contributed by atoms with van der Waals surface area (Å²) in [6.45, 7) is 2.04. The van der Waals surface area contributed by atoms with Gasteiger partial charge in [-0.3, -0.25) is 9.59 Å². The van der Waals surface area contributed by atoms with E-state index in [1.807, 2.05) is 25.1 Å². The number of carbonyl (C=O) groups is 2. The van der Waals surface area contributed by atoms with E-state index in [-0.39, 0.29) is 5.91 Å². The highest BCUT2D eigenvalue weighted by Crippen LogP contribution is 2.21. The molecule has 0 saturated heterocycles. The third kappa shape index (κ3) is 5.05. The maximum atomic E-state index is 12.9. The van der Waals surface area contributed by atoms with Crippen LogP contribution in [0.15, 0.2) is 85.1 Å². The van der Waals surface area contributed by atoms with Gasteiger partial charge in [-0.15, -0.1) is 0 Å². The topological polar surface area (TPSA) is 117 Å². The van der Waals surface area contributed by atoms with Crippen LogP contribution in [0.4, 0.5) is 5.82 Å². The lowest BCUT2D eigenvalue weighted by Gasteiger charge is -2.25. The molecule has 4 rings (SSSR count). The quantitative estimate of drug-likeness (QED) is 0.318. The van der Waals surface area contributed by atoms with Gasteiger partial charge in [0.1, 0.15) is 5.82 Å². The molecule has 3 aromatic carbocycles. The van der Waals surface area contributed by atoms with Gasteiger partial charge in [-0.05, 0) is 59.3 Å². The van der Waals surface area contributed by atoms with E-state index in [2.05, 4.69) is 15.6 Å². The summed E-state index contributed by atoms with van der Waals surface area (Å²) >= 11 is 0. The molecule has 1 heterocycles. The van der Waals surface area contributed by atoms with E-state index in [1.54, 1.807) is 66.9 Å². The van der Waals surface area contributed by atoms with Crippen molar-refractivity contribution in [2.24, 2.45) is 0 Å². The SMILES string of the molecule is CCc1ccc(C(=O)NC(c2ccccc2)C(O)NC(=O)c2ccc3c(N)nccc3c2)cc1. The number of carbonyl (C=O) groups excluding carboxylic acids is 2. The maximum absolute atomic E-state index is 12.9. The number of aromatic nitrogens is 1. The van der Waals surface area contributed by atoms with Crippen molar-refractivity contribution in [3.8, 4) is 0 Å². The smallest absolute Gasteiger partial charge is 0.253 e. The van der Waals surface area contributed by atoms with Crippen molar-refractivity contribution >= 4 is 28.4 Å². The standard InChI is InChI=1S/C27H26N4O3/c1-2-17-8-10-19(11-9-17)25(32)30-23(18-6-4-3-5-7-18)27(34)31-26(33)21-12-13-22-20(16-21)14-15-29-24(22)28/h3-16,23,27,34H,2H2,1H3,(H2,28,29)(H,30,32)(H,31,33). The van der Waals surface area contributed by atoms with Crippen molar-refractivity contribution in [2.45, 2.75) is 25.6 Å². The zero-order valence-electron chi connectivity index (χ0n) is 18.7. The Labute approximate surface area is 197 Å². The van der Waals surface area contributed by atoms with E-state index in [0.29, 0.717) is 22.5 Å². The highest BCUT2D eigenvalue weighted by Gasteiger charge is 2.25. The Balaban J connectivity index is 1.55. The summed E-state index contributed by atoms with van der Waals surface area (Å²) in [5.41, 5.74) is 8.49. The van der Waals surface area contributed by atoms with Crippen LogP contribution in [0.3, 0.4) is 0 Å². The molecule has 0 aliphatic rings. The van der Waals surface area contributed by atoms with E-state index in [0.717, 1.165) is 22.8 Å². The van der Waals surface area contributed by atoms with E-state index in [1.165, 1.54) is 0 Å². The molecule has 2 atom stereocenters. The van der Waals surface area contributed by atoms with Gasteiger partial charge in [0, 0.05) is 22.7 Å². The minimum Gasteiger partial charge on any atom is -0.383 e. The van der Waals surface area contributed by atoms with E-state index < -0.39 is 18.2 Å². The monoisotopic (exact) mass is 454 g/mol. The number of hydrogen-bond donors (Lipinski definition) is 4. The molecule has 0 bridgehead atoms. The van der Waals surface area contributed by atoms with Gasteiger partial charge in [0.2, 0.25) is 0 Å². The second-order valence-electron chi connectivity index (χ2n) is 7.96. The molecule has 0 fully saturated rings. The third-order valence-corrected chi connectivity index (χ3v) is 5.72. The zero-order valence-corrected chi connectivity index (χ0v) is 18.7. The molecule has 4 aromatic rings. The van der Waals surface area contributed by atoms with Crippen LogP contribution >= 0.6 is 0 Å². The number of nitrogens with one attached hydrogen (secondary N) is 2. The Morgan fingerprint density at radius 1 is 0.912 bits per heavy atom. The molecule has 0 aliphatic carbocycles. The van der Waals surface area contributed by atoms with Crippen LogP contribution in [0.2, 0.25) is 0 Å². The molecule has 1 aromatic heterocycles. The number of aliphatic hydroxyl groups excluding tert-OH is 1. The first-order chi connectivity index (χ1) is 16.5. The minimum atomic E-state index is -1.37. The number of rotatable bonds is 7. The van der Waals surface area contributed by atoms with Crippen LogP contribution in [0, 0.1) is 0 Å². The average Bonchev–Trinajstić information content (AvgIpc) is 2.87. The first kappa shape index (κ1) is 22.9. The Morgan fingerprint density at radius 2 is 1.59 bits per heavy atom. The summed E-state index contributed by atoms with van der Waals surface area (Å²) in [6, 6.07) is 22.2. The average molecular weight is 455 g/mol. The molecular weight excluding hydrogens is 428 g/mol. The number of hydrogen-bond acceptors (Lipinski definition) is 5.